The maximum Gasteiger partial charge on any atom is 0.166 e. The molecule has 0 radical (unpaired) electrons. The Morgan fingerprint density at radius 2 is 2.05 bits per heavy atom. The molecule has 5 nitrogen and oxygen atoms in total. The van der Waals surface area contributed by atoms with Crippen LogP contribution in [0.2, 0.25) is 0 Å². The molecule has 4 atom stereocenters. The molecule has 0 unspecified atom stereocenters. The van der Waals surface area contributed by atoms with Crippen molar-refractivity contribution in [2.75, 3.05) is 27.1 Å². The van der Waals surface area contributed by atoms with Gasteiger partial charge >= 0.3 is 0 Å². The number of hydrogen-bond acceptors (Lipinski definition) is 5. The summed E-state index contributed by atoms with van der Waals surface area (Å²) in [4.78, 5) is 0.793. The van der Waals surface area contributed by atoms with Gasteiger partial charge in [-0.1, -0.05) is 31.5 Å². The van der Waals surface area contributed by atoms with Crippen molar-refractivity contribution in [2.24, 2.45) is 0 Å². The predicted molar refractivity (Wildman–Crippen MR) is 84.0 cm³/mol. The molecule has 0 N–H and O–H groups in total. The summed E-state index contributed by atoms with van der Waals surface area (Å²) in [6.45, 7) is 3.34. The van der Waals surface area contributed by atoms with Gasteiger partial charge < -0.3 is 18.9 Å². The van der Waals surface area contributed by atoms with E-state index in [9.17, 15) is 4.21 Å². The minimum absolute atomic E-state index is 0.0785. The van der Waals surface area contributed by atoms with E-state index in [0.29, 0.717) is 13.2 Å². The van der Waals surface area contributed by atoms with E-state index in [1.807, 2.05) is 30.3 Å². The predicted octanol–water partition coefficient (Wildman–Crippen LogP) is 2.32. The third-order valence-corrected chi connectivity index (χ3v) is 4.94. The molecular weight excluding hydrogens is 304 g/mol. The van der Waals surface area contributed by atoms with Gasteiger partial charge in [-0.25, -0.2) is 0 Å². The second-order valence-electron chi connectivity index (χ2n) is 5.09. The minimum Gasteiger partial charge on any atom is -0.382 e. The summed E-state index contributed by atoms with van der Waals surface area (Å²) in [5.74, 6) is 0. The van der Waals surface area contributed by atoms with Crippen molar-refractivity contribution >= 4 is 10.8 Å². The van der Waals surface area contributed by atoms with Crippen LogP contribution >= 0.6 is 0 Å². The summed E-state index contributed by atoms with van der Waals surface area (Å²) in [5, 5.41) is 0. The average Bonchev–Trinajstić information content (AvgIpc) is 3.34. The number of methoxy groups -OCH3 is 1. The lowest BCUT2D eigenvalue weighted by Gasteiger charge is -2.15. The molecule has 1 heterocycles. The first-order valence-corrected chi connectivity index (χ1v) is 8.78. The third kappa shape index (κ3) is 5.14. The monoisotopic (exact) mass is 328 g/mol. The van der Waals surface area contributed by atoms with Gasteiger partial charge in [0, 0.05) is 12.0 Å². The van der Waals surface area contributed by atoms with Crippen LogP contribution in [0, 0.1) is 0 Å². The largest absolute Gasteiger partial charge is 0.382 e. The van der Waals surface area contributed by atoms with E-state index >= 15 is 0 Å². The zero-order valence-electron chi connectivity index (χ0n) is 13.1. The summed E-state index contributed by atoms with van der Waals surface area (Å²) < 4.78 is 34.0. The Kier molecular flexibility index (Phi) is 7.48. The van der Waals surface area contributed by atoms with Crippen LogP contribution in [0.1, 0.15) is 19.8 Å². The molecule has 1 aliphatic rings. The van der Waals surface area contributed by atoms with Gasteiger partial charge in [0.2, 0.25) is 0 Å². The second-order valence-corrected chi connectivity index (χ2v) is 6.62. The molecule has 1 aromatic carbocycles. The summed E-state index contributed by atoms with van der Waals surface area (Å²) in [6.07, 6.45) is 1.64. The molecule has 0 saturated carbocycles. The Morgan fingerprint density at radius 3 is 2.73 bits per heavy atom. The highest BCUT2D eigenvalue weighted by Gasteiger charge is 2.49. The minimum atomic E-state index is -1.15. The molecule has 0 spiro atoms. The van der Waals surface area contributed by atoms with Gasteiger partial charge in [-0.15, -0.1) is 0 Å². The van der Waals surface area contributed by atoms with Crippen molar-refractivity contribution in [3.63, 3.8) is 0 Å². The van der Waals surface area contributed by atoms with E-state index in [0.717, 1.165) is 17.7 Å². The van der Waals surface area contributed by atoms with Gasteiger partial charge in [-0.05, 0) is 18.6 Å². The number of ether oxygens (including phenoxy) is 4. The van der Waals surface area contributed by atoms with Crippen LogP contribution in [0.15, 0.2) is 35.2 Å². The van der Waals surface area contributed by atoms with Crippen LogP contribution in [0.25, 0.3) is 0 Å². The first kappa shape index (κ1) is 17.6. The van der Waals surface area contributed by atoms with Crippen LogP contribution < -0.4 is 0 Å². The van der Waals surface area contributed by atoms with E-state index in [1.54, 1.807) is 7.11 Å². The van der Waals surface area contributed by atoms with Crippen molar-refractivity contribution in [1.29, 1.82) is 0 Å². The summed E-state index contributed by atoms with van der Waals surface area (Å²) in [6, 6.07) is 9.39. The molecule has 1 aromatic rings. The number of benzene rings is 1. The average molecular weight is 328 g/mol. The Bertz CT molecular complexity index is 453. The second kappa shape index (κ2) is 9.37. The van der Waals surface area contributed by atoms with Gasteiger partial charge in [0.05, 0.1) is 30.1 Å². The molecule has 124 valence electrons. The lowest BCUT2D eigenvalue weighted by atomic mass is 10.1. The summed E-state index contributed by atoms with van der Waals surface area (Å²) in [7, 11) is 0.479. The van der Waals surface area contributed by atoms with Crippen LogP contribution in [0.4, 0.5) is 0 Å². The fourth-order valence-corrected chi connectivity index (χ4v) is 3.54. The Hall–Kier alpha value is -0.790. The lowest BCUT2D eigenvalue weighted by Crippen LogP contribution is -2.24. The van der Waals surface area contributed by atoms with Gasteiger partial charge in [0.25, 0.3) is 0 Å². The normalized spacial score (nSPS) is 23.2. The fraction of sp³-hybridized carbons (Fsp3) is 0.625. The van der Waals surface area contributed by atoms with E-state index in [1.165, 1.54) is 0 Å². The zero-order valence-corrected chi connectivity index (χ0v) is 13.9. The van der Waals surface area contributed by atoms with Crippen LogP contribution in [-0.4, -0.2) is 49.0 Å². The highest BCUT2D eigenvalue weighted by atomic mass is 32.2. The number of hydrogen-bond donors (Lipinski definition) is 0. The van der Waals surface area contributed by atoms with Crippen LogP contribution in [0.3, 0.4) is 0 Å². The Labute approximate surface area is 134 Å². The lowest BCUT2D eigenvalue weighted by molar-refractivity contribution is -0.105. The molecule has 1 aliphatic heterocycles. The van der Waals surface area contributed by atoms with E-state index in [-0.39, 0.29) is 24.4 Å². The van der Waals surface area contributed by atoms with Crippen molar-refractivity contribution < 1.29 is 23.2 Å². The third-order valence-electron chi connectivity index (χ3n) is 3.41. The number of epoxide rings is 1. The van der Waals surface area contributed by atoms with Crippen molar-refractivity contribution in [1.82, 2.24) is 0 Å². The fourth-order valence-electron chi connectivity index (χ4n) is 2.20. The van der Waals surface area contributed by atoms with E-state index < -0.39 is 10.8 Å². The van der Waals surface area contributed by atoms with Gasteiger partial charge in [-0.3, -0.25) is 4.21 Å². The maximum atomic E-state index is 12.4. The molecule has 0 bridgehead atoms. The molecule has 1 fully saturated rings. The van der Waals surface area contributed by atoms with Gasteiger partial charge in [-0.2, -0.15) is 0 Å². The van der Waals surface area contributed by atoms with Crippen molar-refractivity contribution in [2.45, 2.75) is 42.3 Å². The number of rotatable bonds is 11. The standard InChI is InChI=1S/C16H24O5S/c1-3-7-14(20-12-19-11-10-18-2)15-16(21-15)22(17)13-8-5-4-6-9-13/h4-6,8-9,14-16H,3,7,10-12H2,1-2H3/t14-,15-,16-,22+/m1/s1. The molecule has 22 heavy (non-hydrogen) atoms. The summed E-state index contributed by atoms with van der Waals surface area (Å²) in [5.41, 5.74) is -0.280. The molecule has 6 heteroatoms. The molecule has 2 rings (SSSR count). The smallest absolute Gasteiger partial charge is 0.166 e. The van der Waals surface area contributed by atoms with E-state index in [2.05, 4.69) is 6.92 Å². The van der Waals surface area contributed by atoms with Crippen molar-refractivity contribution in [3.05, 3.63) is 30.3 Å². The molecular formula is C16H24O5S. The van der Waals surface area contributed by atoms with E-state index in [4.69, 9.17) is 18.9 Å². The first-order chi connectivity index (χ1) is 10.8. The topological polar surface area (TPSA) is 57.3 Å². The molecule has 1 saturated heterocycles. The highest BCUT2D eigenvalue weighted by Crippen LogP contribution is 2.34. The van der Waals surface area contributed by atoms with Crippen LogP contribution in [-0.2, 0) is 29.7 Å². The first-order valence-electron chi connectivity index (χ1n) is 7.57. The maximum absolute atomic E-state index is 12.4. The highest BCUT2D eigenvalue weighted by molar-refractivity contribution is 7.85. The zero-order chi connectivity index (χ0) is 15.8. The quantitative estimate of drug-likeness (QED) is 0.354. The van der Waals surface area contributed by atoms with Crippen molar-refractivity contribution in [3.8, 4) is 0 Å². The molecule has 0 aliphatic carbocycles. The van der Waals surface area contributed by atoms with Gasteiger partial charge in [0.1, 0.15) is 12.9 Å². The summed E-state index contributed by atoms with van der Waals surface area (Å²) >= 11 is 0. The van der Waals surface area contributed by atoms with Crippen LogP contribution in [0.5, 0.6) is 0 Å². The Morgan fingerprint density at radius 1 is 1.27 bits per heavy atom. The SMILES string of the molecule is CCC[C@@H](OCOCCOC)[C@H]1O[C@@H]1[S@@](=O)c1ccccc1. The molecule has 0 aromatic heterocycles. The Balaban J connectivity index is 1.80. The molecule has 0 amide bonds. The van der Waals surface area contributed by atoms with Gasteiger partial charge in [0.15, 0.2) is 5.44 Å².